The van der Waals surface area contributed by atoms with Gasteiger partial charge in [-0.3, -0.25) is 9.59 Å². The molecule has 33 heavy (non-hydrogen) atoms. The van der Waals surface area contributed by atoms with Gasteiger partial charge >= 0.3 is 0 Å². The molecule has 0 radical (unpaired) electrons. The number of β-amino-alcohol motifs (C(OH)–C–C–N with tert-alkyl or cyclic N) is 1. The minimum atomic E-state index is -0.839. The predicted molar refractivity (Wildman–Crippen MR) is 123 cm³/mol. The van der Waals surface area contributed by atoms with E-state index in [4.69, 9.17) is 9.47 Å². The molecule has 4 rings (SSSR count). The van der Waals surface area contributed by atoms with Gasteiger partial charge in [0, 0.05) is 0 Å². The van der Waals surface area contributed by atoms with Crippen LogP contribution in [-0.4, -0.2) is 48.1 Å². The molecule has 3 unspecified atom stereocenters. The minimum absolute atomic E-state index is 0.117. The van der Waals surface area contributed by atoms with Gasteiger partial charge in [-0.1, -0.05) is 60.7 Å². The molecule has 7 nitrogen and oxygen atoms in total. The summed E-state index contributed by atoms with van der Waals surface area (Å²) in [5.74, 6) is 0.627. The van der Waals surface area contributed by atoms with Crippen LogP contribution in [0.3, 0.4) is 0 Å². The third kappa shape index (κ3) is 5.15. The van der Waals surface area contributed by atoms with Gasteiger partial charge in [0.05, 0.1) is 25.8 Å². The fraction of sp³-hybridized carbons (Fsp3) is 0.231. The molecule has 1 aliphatic rings. The number of aliphatic hydroxyl groups excluding tert-OH is 1. The summed E-state index contributed by atoms with van der Waals surface area (Å²) in [5, 5.41) is 13.5. The average molecular weight is 447 g/mol. The van der Waals surface area contributed by atoms with Crippen molar-refractivity contribution in [1.82, 2.24) is 10.2 Å². The number of para-hydroxylation sites is 1. The highest BCUT2D eigenvalue weighted by atomic mass is 16.5. The van der Waals surface area contributed by atoms with E-state index in [1.165, 1.54) is 0 Å². The second kappa shape index (κ2) is 10.2. The Bertz CT molecular complexity index is 1070. The van der Waals surface area contributed by atoms with Gasteiger partial charge in [-0.15, -0.1) is 0 Å². The van der Waals surface area contributed by atoms with Gasteiger partial charge in [-0.2, -0.15) is 0 Å². The van der Waals surface area contributed by atoms with Crippen molar-refractivity contribution >= 4 is 11.8 Å². The molecule has 0 bridgehead atoms. The molecule has 3 atom stereocenters. The van der Waals surface area contributed by atoms with E-state index in [1.807, 2.05) is 60.7 Å². The number of β-lactam (4-membered cyclic amide) rings is 1. The molecule has 1 saturated heterocycles. The summed E-state index contributed by atoms with van der Waals surface area (Å²) in [5.41, 5.74) is 1.56. The van der Waals surface area contributed by atoms with Gasteiger partial charge in [0.15, 0.2) is 6.61 Å². The number of aliphatic hydroxyl groups is 1. The summed E-state index contributed by atoms with van der Waals surface area (Å²) in [6.07, 6.45) is -0.839. The highest BCUT2D eigenvalue weighted by molar-refractivity contribution is 5.94. The molecule has 3 aromatic rings. The average Bonchev–Trinajstić information content (AvgIpc) is 2.87. The normalized spacial score (nSPS) is 18.2. The SMILES string of the molecule is COc1ccc(C2C(NC(=O)COc3ccccc3)C(=O)N2CC(O)c2ccccc2)cc1. The Morgan fingerprint density at radius 2 is 1.61 bits per heavy atom. The zero-order chi connectivity index (χ0) is 23.2. The molecule has 170 valence electrons. The highest BCUT2D eigenvalue weighted by Gasteiger charge is 2.49. The van der Waals surface area contributed by atoms with Crippen molar-refractivity contribution in [2.75, 3.05) is 20.3 Å². The molecule has 0 aromatic heterocycles. The zero-order valence-electron chi connectivity index (χ0n) is 18.3. The molecule has 0 aliphatic carbocycles. The van der Waals surface area contributed by atoms with Crippen LogP contribution in [0.5, 0.6) is 11.5 Å². The van der Waals surface area contributed by atoms with E-state index in [9.17, 15) is 14.7 Å². The standard InChI is InChI=1S/C26H26N2O5/c1-32-20-14-12-19(13-15-20)25-24(27-23(30)17-33-21-10-6-3-7-11-21)26(31)28(25)16-22(29)18-8-4-2-5-9-18/h2-15,22,24-25,29H,16-17H2,1H3,(H,27,30). The Kier molecular flexibility index (Phi) is 6.90. The number of hydrogen-bond acceptors (Lipinski definition) is 5. The van der Waals surface area contributed by atoms with Crippen molar-refractivity contribution in [3.63, 3.8) is 0 Å². The number of carbonyl (C=O) groups excluding carboxylic acids is 2. The molecule has 3 aromatic carbocycles. The lowest BCUT2D eigenvalue weighted by molar-refractivity contribution is -0.156. The van der Waals surface area contributed by atoms with Crippen molar-refractivity contribution in [2.24, 2.45) is 0 Å². The van der Waals surface area contributed by atoms with E-state index in [0.717, 1.165) is 11.1 Å². The maximum Gasteiger partial charge on any atom is 0.258 e. The van der Waals surface area contributed by atoms with Crippen LogP contribution in [-0.2, 0) is 9.59 Å². The number of amides is 2. The van der Waals surface area contributed by atoms with Gasteiger partial charge in [-0.05, 0) is 35.4 Å². The third-order valence-corrected chi connectivity index (χ3v) is 5.64. The molecule has 7 heteroatoms. The van der Waals surface area contributed by atoms with Crippen molar-refractivity contribution in [2.45, 2.75) is 18.2 Å². The Balaban J connectivity index is 1.47. The van der Waals surface area contributed by atoms with Gasteiger partial charge < -0.3 is 24.8 Å². The van der Waals surface area contributed by atoms with Crippen LogP contribution in [0.1, 0.15) is 23.3 Å². The van der Waals surface area contributed by atoms with Crippen LogP contribution >= 0.6 is 0 Å². The molecule has 2 amide bonds. The van der Waals surface area contributed by atoms with Crippen LogP contribution in [0, 0.1) is 0 Å². The van der Waals surface area contributed by atoms with Crippen LogP contribution in [0.25, 0.3) is 0 Å². The van der Waals surface area contributed by atoms with E-state index < -0.39 is 18.2 Å². The number of likely N-dealkylation sites (tertiary alicyclic amines) is 1. The Morgan fingerprint density at radius 3 is 2.24 bits per heavy atom. The summed E-state index contributed by atoms with van der Waals surface area (Å²) < 4.78 is 10.7. The Labute approximate surface area is 192 Å². The van der Waals surface area contributed by atoms with E-state index >= 15 is 0 Å². The van der Waals surface area contributed by atoms with Gasteiger partial charge in [0.25, 0.3) is 5.91 Å². The number of nitrogens with zero attached hydrogens (tertiary/aromatic N) is 1. The molecule has 2 N–H and O–H groups in total. The lowest BCUT2D eigenvalue weighted by atomic mass is 9.87. The second-order valence-corrected chi connectivity index (χ2v) is 7.78. The smallest absolute Gasteiger partial charge is 0.258 e. The first-order valence-electron chi connectivity index (χ1n) is 10.7. The van der Waals surface area contributed by atoms with Crippen LogP contribution in [0.4, 0.5) is 0 Å². The first kappa shape index (κ1) is 22.4. The molecule has 1 fully saturated rings. The Morgan fingerprint density at radius 1 is 0.970 bits per heavy atom. The molecule has 1 heterocycles. The molecular weight excluding hydrogens is 420 g/mol. The fourth-order valence-electron chi connectivity index (χ4n) is 3.91. The number of carbonyl (C=O) groups is 2. The number of hydrogen-bond donors (Lipinski definition) is 2. The number of rotatable bonds is 9. The topological polar surface area (TPSA) is 88.1 Å². The molecule has 0 saturated carbocycles. The van der Waals surface area contributed by atoms with E-state index in [2.05, 4.69) is 5.32 Å². The van der Waals surface area contributed by atoms with Crippen molar-refractivity contribution in [3.05, 3.63) is 96.1 Å². The van der Waals surface area contributed by atoms with Gasteiger partial charge in [0.1, 0.15) is 17.5 Å². The van der Waals surface area contributed by atoms with Gasteiger partial charge in [0.2, 0.25) is 5.91 Å². The zero-order valence-corrected chi connectivity index (χ0v) is 18.3. The first-order chi connectivity index (χ1) is 16.1. The van der Waals surface area contributed by atoms with E-state index in [1.54, 1.807) is 36.3 Å². The number of methoxy groups -OCH3 is 1. The summed E-state index contributed by atoms with van der Waals surface area (Å²) in [4.78, 5) is 27.1. The number of ether oxygens (including phenoxy) is 2. The number of benzene rings is 3. The molecule has 1 aliphatic heterocycles. The summed E-state index contributed by atoms with van der Waals surface area (Å²) in [6, 6.07) is 24.4. The quantitative estimate of drug-likeness (QED) is 0.494. The van der Waals surface area contributed by atoms with Crippen molar-refractivity contribution in [3.8, 4) is 11.5 Å². The summed E-state index contributed by atoms with van der Waals surface area (Å²) in [6.45, 7) is -0.0812. The van der Waals surface area contributed by atoms with E-state index in [0.29, 0.717) is 11.5 Å². The van der Waals surface area contributed by atoms with Crippen LogP contribution in [0.15, 0.2) is 84.9 Å². The maximum atomic E-state index is 13.0. The predicted octanol–water partition coefficient (Wildman–Crippen LogP) is 2.88. The second-order valence-electron chi connectivity index (χ2n) is 7.78. The van der Waals surface area contributed by atoms with Crippen LogP contribution < -0.4 is 14.8 Å². The lowest BCUT2D eigenvalue weighted by Crippen LogP contribution is -2.66. The molecule has 0 spiro atoms. The summed E-state index contributed by atoms with van der Waals surface area (Å²) in [7, 11) is 1.58. The third-order valence-electron chi connectivity index (χ3n) is 5.64. The molecular formula is C26H26N2O5. The van der Waals surface area contributed by atoms with Gasteiger partial charge in [-0.25, -0.2) is 0 Å². The van der Waals surface area contributed by atoms with Crippen LogP contribution in [0.2, 0.25) is 0 Å². The number of nitrogens with one attached hydrogen (secondary N) is 1. The van der Waals surface area contributed by atoms with E-state index in [-0.39, 0.29) is 25.0 Å². The maximum absolute atomic E-state index is 13.0. The van der Waals surface area contributed by atoms with Crippen molar-refractivity contribution in [1.29, 1.82) is 0 Å². The minimum Gasteiger partial charge on any atom is -0.497 e. The van der Waals surface area contributed by atoms with Crippen molar-refractivity contribution < 1.29 is 24.2 Å². The summed E-state index contributed by atoms with van der Waals surface area (Å²) >= 11 is 0. The first-order valence-corrected chi connectivity index (χ1v) is 10.7. The lowest BCUT2D eigenvalue weighted by Gasteiger charge is -2.48. The Hall–Kier alpha value is -3.84. The fourth-order valence-corrected chi connectivity index (χ4v) is 3.91. The monoisotopic (exact) mass is 446 g/mol. The largest absolute Gasteiger partial charge is 0.497 e. The highest BCUT2D eigenvalue weighted by Crippen LogP contribution is 2.37.